The minimum atomic E-state index is 0.462. The highest BCUT2D eigenvalue weighted by atomic mass is 16.5. The molecule has 0 bridgehead atoms. The van der Waals surface area contributed by atoms with Crippen molar-refractivity contribution in [2.75, 3.05) is 34.4 Å². The van der Waals surface area contributed by atoms with Crippen LogP contribution in [-0.2, 0) is 11.3 Å². The number of nitrogens with zero attached hydrogens (tertiary/aromatic N) is 1. The summed E-state index contributed by atoms with van der Waals surface area (Å²) >= 11 is 0. The molecule has 1 saturated carbocycles. The van der Waals surface area contributed by atoms with Crippen molar-refractivity contribution in [3.8, 4) is 11.5 Å². The number of para-hydroxylation sites is 1. The van der Waals surface area contributed by atoms with Crippen LogP contribution in [0.2, 0.25) is 0 Å². The molecule has 1 aromatic rings. The molecule has 4 heteroatoms. The molecule has 0 amide bonds. The Balaban J connectivity index is 1.64. The van der Waals surface area contributed by atoms with Crippen molar-refractivity contribution in [3.05, 3.63) is 23.8 Å². The quantitative estimate of drug-likeness (QED) is 0.836. The molecule has 122 valence electrons. The summed E-state index contributed by atoms with van der Waals surface area (Å²) in [5, 5.41) is 0. The fourth-order valence-corrected chi connectivity index (χ4v) is 4.09. The second-order valence-corrected chi connectivity index (χ2v) is 6.55. The molecule has 0 radical (unpaired) electrons. The first-order chi connectivity index (χ1) is 10.7. The van der Waals surface area contributed by atoms with E-state index in [9.17, 15) is 0 Å². The molecule has 2 aliphatic rings. The molecule has 0 aromatic heterocycles. The highest BCUT2D eigenvalue weighted by molar-refractivity contribution is 5.46. The molecule has 0 N–H and O–H groups in total. The summed E-state index contributed by atoms with van der Waals surface area (Å²) in [5.74, 6) is 1.68. The maximum atomic E-state index is 5.64. The van der Waals surface area contributed by atoms with Crippen molar-refractivity contribution in [3.63, 3.8) is 0 Å². The summed E-state index contributed by atoms with van der Waals surface area (Å²) in [5.41, 5.74) is 1.67. The van der Waals surface area contributed by atoms with Gasteiger partial charge in [-0.1, -0.05) is 12.1 Å². The second-order valence-electron chi connectivity index (χ2n) is 6.55. The van der Waals surface area contributed by atoms with Crippen LogP contribution in [0.4, 0.5) is 0 Å². The van der Waals surface area contributed by atoms with Crippen LogP contribution in [0, 0.1) is 5.41 Å². The summed E-state index contributed by atoms with van der Waals surface area (Å²) in [6, 6.07) is 6.12. The first-order valence-corrected chi connectivity index (χ1v) is 8.17. The Morgan fingerprint density at radius 2 is 1.86 bits per heavy atom. The average molecular weight is 305 g/mol. The first-order valence-electron chi connectivity index (χ1n) is 8.17. The standard InChI is InChI=1S/C18H27NO3/c1-20-15-6-4-5-14(17(15)22-3)13-19-11-9-18(10-12-19)8-7-16(18)21-2/h4-6,16H,7-13H2,1-3H3/t16-/m0/s1. The molecule has 1 spiro atoms. The van der Waals surface area contributed by atoms with Crippen molar-refractivity contribution in [2.45, 2.75) is 38.3 Å². The molecule has 3 rings (SSSR count). The van der Waals surface area contributed by atoms with Gasteiger partial charge in [0.2, 0.25) is 0 Å². The number of hydrogen-bond acceptors (Lipinski definition) is 4. The normalized spacial score (nSPS) is 24.0. The number of ether oxygens (including phenoxy) is 3. The molecule has 1 aromatic carbocycles. The van der Waals surface area contributed by atoms with Gasteiger partial charge in [-0.2, -0.15) is 0 Å². The van der Waals surface area contributed by atoms with Gasteiger partial charge in [-0.15, -0.1) is 0 Å². The van der Waals surface area contributed by atoms with Gasteiger partial charge < -0.3 is 14.2 Å². The third-order valence-corrected chi connectivity index (χ3v) is 5.60. The average Bonchev–Trinajstić information content (AvgIpc) is 2.54. The number of methoxy groups -OCH3 is 3. The fourth-order valence-electron chi connectivity index (χ4n) is 4.09. The lowest BCUT2D eigenvalue weighted by Gasteiger charge is -2.53. The van der Waals surface area contributed by atoms with Crippen molar-refractivity contribution in [1.82, 2.24) is 4.90 Å². The third kappa shape index (κ3) is 2.70. The fraction of sp³-hybridized carbons (Fsp3) is 0.667. The summed E-state index contributed by atoms with van der Waals surface area (Å²) < 4.78 is 16.6. The number of benzene rings is 1. The van der Waals surface area contributed by atoms with Gasteiger partial charge in [0, 0.05) is 19.2 Å². The van der Waals surface area contributed by atoms with Gasteiger partial charge in [0.15, 0.2) is 11.5 Å². The van der Waals surface area contributed by atoms with Crippen LogP contribution in [0.15, 0.2) is 18.2 Å². The Morgan fingerprint density at radius 3 is 2.41 bits per heavy atom. The van der Waals surface area contributed by atoms with E-state index in [4.69, 9.17) is 14.2 Å². The zero-order valence-corrected chi connectivity index (χ0v) is 13.9. The summed E-state index contributed by atoms with van der Waals surface area (Å²) in [7, 11) is 5.26. The third-order valence-electron chi connectivity index (χ3n) is 5.60. The van der Waals surface area contributed by atoms with E-state index in [0.29, 0.717) is 11.5 Å². The molecular formula is C18H27NO3. The van der Waals surface area contributed by atoms with E-state index < -0.39 is 0 Å². The predicted molar refractivity (Wildman–Crippen MR) is 86.5 cm³/mol. The Kier molecular flexibility index (Phi) is 4.59. The second kappa shape index (κ2) is 6.47. The molecule has 1 heterocycles. The smallest absolute Gasteiger partial charge is 0.165 e. The molecule has 1 saturated heterocycles. The zero-order valence-electron chi connectivity index (χ0n) is 13.9. The minimum absolute atomic E-state index is 0.462. The van der Waals surface area contributed by atoms with Crippen LogP contribution >= 0.6 is 0 Å². The Morgan fingerprint density at radius 1 is 1.09 bits per heavy atom. The van der Waals surface area contributed by atoms with Crippen molar-refractivity contribution in [2.24, 2.45) is 5.41 Å². The van der Waals surface area contributed by atoms with E-state index in [1.165, 1.54) is 31.2 Å². The molecule has 1 atom stereocenters. The maximum absolute atomic E-state index is 5.64. The number of hydrogen-bond donors (Lipinski definition) is 0. The van der Waals surface area contributed by atoms with Gasteiger partial charge in [-0.05, 0) is 50.3 Å². The topological polar surface area (TPSA) is 30.9 Å². The molecule has 2 fully saturated rings. The predicted octanol–water partition coefficient (Wildman–Crippen LogP) is 3.09. The number of rotatable bonds is 5. The SMILES string of the molecule is COc1cccc(CN2CCC3(CC[C@@H]3OC)CC2)c1OC. The summed E-state index contributed by atoms with van der Waals surface area (Å²) in [6.45, 7) is 3.20. The number of piperidine rings is 1. The zero-order chi connectivity index (χ0) is 15.6. The Bertz CT molecular complexity index is 507. The summed E-state index contributed by atoms with van der Waals surface area (Å²) in [6.07, 6.45) is 5.55. The number of likely N-dealkylation sites (tertiary alicyclic amines) is 1. The lowest BCUT2D eigenvalue weighted by Crippen LogP contribution is -2.52. The van der Waals surface area contributed by atoms with Crippen molar-refractivity contribution < 1.29 is 14.2 Å². The van der Waals surface area contributed by atoms with Gasteiger partial charge >= 0.3 is 0 Å². The lowest BCUT2D eigenvalue weighted by molar-refractivity contribution is -0.120. The van der Waals surface area contributed by atoms with E-state index >= 15 is 0 Å². The van der Waals surface area contributed by atoms with E-state index in [0.717, 1.165) is 31.1 Å². The van der Waals surface area contributed by atoms with E-state index in [1.807, 2.05) is 19.2 Å². The highest BCUT2D eigenvalue weighted by Crippen LogP contribution is 2.50. The molecule has 4 nitrogen and oxygen atoms in total. The minimum Gasteiger partial charge on any atom is -0.493 e. The van der Waals surface area contributed by atoms with Crippen LogP contribution < -0.4 is 9.47 Å². The van der Waals surface area contributed by atoms with Gasteiger partial charge in [0.1, 0.15) is 0 Å². The van der Waals surface area contributed by atoms with E-state index in [2.05, 4.69) is 11.0 Å². The van der Waals surface area contributed by atoms with Gasteiger partial charge in [-0.3, -0.25) is 4.90 Å². The molecule has 0 unspecified atom stereocenters. The van der Waals surface area contributed by atoms with Crippen LogP contribution in [-0.4, -0.2) is 45.4 Å². The van der Waals surface area contributed by atoms with Gasteiger partial charge in [0.25, 0.3) is 0 Å². The van der Waals surface area contributed by atoms with Gasteiger partial charge in [0.05, 0.1) is 20.3 Å². The summed E-state index contributed by atoms with van der Waals surface area (Å²) in [4.78, 5) is 2.52. The van der Waals surface area contributed by atoms with Crippen LogP contribution in [0.1, 0.15) is 31.2 Å². The molecular weight excluding hydrogens is 278 g/mol. The molecule has 1 aliphatic carbocycles. The van der Waals surface area contributed by atoms with Crippen LogP contribution in [0.3, 0.4) is 0 Å². The molecule has 1 aliphatic heterocycles. The van der Waals surface area contributed by atoms with E-state index in [-0.39, 0.29) is 0 Å². The van der Waals surface area contributed by atoms with Crippen LogP contribution in [0.5, 0.6) is 11.5 Å². The monoisotopic (exact) mass is 305 g/mol. The van der Waals surface area contributed by atoms with Crippen molar-refractivity contribution in [1.29, 1.82) is 0 Å². The lowest BCUT2D eigenvalue weighted by atomic mass is 9.61. The Hall–Kier alpha value is -1.26. The van der Waals surface area contributed by atoms with Crippen molar-refractivity contribution >= 4 is 0 Å². The van der Waals surface area contributed by atoms with Gasteiger partial charge in [-0.25, -0.2) is 0 Å². The first kappa shape index (κ1) is 15.6. The molecule has 22 heavy (non-hydrogen) atoms. The maximum Gasteiger partial charge on any atom is 0.165 e. The highest BCUT2D eigenvalue weighted by Gasteiger charge is 2.48. The van der Waals surface area contributed by atoms with Crippen LogP contribution in [0.25, 0.3) is 0 Å². The van der Waals surface area contributed by atoms with E-state index in [1.54, 1.807) is 14.2 Å². The largest absolute Gasteiger partial charge is 0.493 e. The Labute approximate surface area is 133 Å².